The molecule has 114 valence electrons. The molecule has 0 saturated heterocycles. The summed E-state index contributed by atoms with van der Waals surface area (Å²) >= 11 is 5.80. The van der Waals surface area contributed by atoms with Gasteiger partial charge in [0.1, 0.15) is 5.56 Å². The number of benzene rings is 2. The molecular formula is C16H15ClN2O3. The molecular weight excluding hydrogens is 304 g/mol. The molecule has 0 heterocycles. The van der Waals surface area contributed by atoms with Crippen LogP contribution >= 0.6 is 11.6 Å². The summed E-state index contributed by atoms with van der Waals surface area (Å²) in [7, 11) is 0. The van der Waals surface area contributed by atoms with Crippen LogP contribution in [0.1, 0.15) is 22.3 Å². The summed E-state index contributed by atoms with van der Waals surface area (Å²) in [5.41, 5.74) is 0.924. The van der Waals surface area contributed by atoms with Gasteiger partial charge in [-0.15, -0.1) is 0 Å². The van der Waals surface area contributed by atoms with Crippen LogP contribution in [0, 0.1) is 10.1 Å². The normalized spacial score (nSPS) is 10.2. The van der Waals surface area contributed by atoms with E-state index in [0.717, 1.165) is 12.8 Å². The third kappa shape index (κ3) is 4.30. The van der Waals surface area contributed by atoms with Crippen LogP contribution in [0.3, 0.4) is 0 Å². The van der Waals surface area contributed by atoms with Gasteiger partial charge in [0, 0.05) is 17.6 Å². The summed E-state index contributed by atoms with van der Waals surface area (Å²) in [5.74, 6) is -0.484. The van der Waals surface area contributed by atoms with Crippen LogP contribution in [0.25, 0.3) is 0 Å². The zero-order valence-electron chi connectivity index (χ0n) is 11.8. The molecule has 0 unspecified atom stereocenters. The number of halogens is 1. The molecule has 0 spiro atoms. The number of hydrogen-bond donors (Lipinski definition) is 1. The summed E-state index contributed by atoms with van der Waals surface area (Å²) in [6.07, 6.45) is 1.59. The highest BCUT2D eigenvalue weighted by molar-refractivity contribution is 6.31. The Morgan fingerprint density at radius 3 is 2.59 bits per heavy atom. The number of carbonyl (C=O) groups excluding carboxylic acids is 1. The second-order valence-electron chi connectivity index (χ2n) is 4.76. The number of nitrogens with one attached hydrogen (secondary N) is 1. The Balaban J connectivity index is 1.92. The minimum absolute atomic E-state index is 0.0165. The van der Waals surface area contributed by atoms with Crippen LogP contribution in [0.4, 0.5) is 5.69 Å². The fourth-order valence-electron chi connectivity index (χ4n) is 2.08. The highest BCUT2D eigenvalue weighted by Gasteiger charge is 2.19. The molecule has 0 atom stereocenters. The maximum absolute atomic E-state index is 12.1. The van der Waals surface area contributed by atoms with Gasteiger partial charge in [-0.2, -0.15) is 0 Å². The maximum atomic E-state index is 12.1. The van der Waals surface area contributed by atoms with Gasteiger partial charge in [-0.05, 0) is 30.5 Å². The van der Waals surface area contributed by atoms with E-state index in [1.54, 1.807) is 0 Å². The van der Waals surface area contributed by atoms with Crippen molar-refractivity contribution in [3.8, 4) is 0 Å². The fraction of sp³-hybridized carbons (Fsp3) is 0.188. The van der Waals surface area contributed by atoms with E-state index in [1.165, 1.54) is 23.8 Å². The number of aryl methyl sites for hydroxylation is 1. The minimum Gasteiger partial charge on any atom is -0.352 e. The van der Waals surface area contributed by atoms with Crippen molar-refractivity contribution >= 4 is 23.2 Å². The third-order valence-corrected chi connectivity index (χ3v) is 3.41. The van der Waals surface area contributed by atoms with E-state index in [1.807, 2.05) is 30.3 Å². The van der Waals surface area contributed by atoms with E-state index >= 15 is 0 Å². The van der Waals surface area contributed by atoms with Crippen molar-refractivity contribution in [2.24, 2.45) is 0 Å². The van der Waals surface area contributed by atoms with Crippen molar-refractivity contribution in [3.63, 3.8) is 0 Å². The van der Waals surface area contributed by atoms with Crippen molar-refractivity contribution < 1.29 is 9.72 Å². The Labute approximate surface area is 133 Å². The van der Waals surface area contributed by atoms with Gasteiger partial charge in [0.05, 0.1) is 4.92 Å². The van der Waals surface area contributed by atoms with E-state index in [-0.39, 0.29) is 11.3 Å². The van der Waals surface area contributed by atoms with Crippen molar-refractivity contribution in [3.05, 3.63) is 74.8 Å². The molecule has 5 nitrogen and oxygen atoms in total. The average Bonchev–Trinajstić information content (AvgIpc) is 2.52. The second kappa shape index (κ2) is 7.56. The molecule has 6 heteroatoms. The third-order valence-electron chi connectivity index (χ3n) is 3.17. The molecule has 2 aromatic rings. The Morgan fingerprint density at radius 1 is 1.18 bits per heavy atom. The largest absolute Gasteiger partial charge is 0.352 e. The van der Waals surface area contributed by atoms with Gasteiger partial charge in [0.25, 0.3) is 11.6 Å². The smallest absolute Gasteiger partial charge is 0.282 e. The van der Waals surface area contributed by atoms with E-state index in [2.05, 4.69) is 5.32 Å². The summed E-state index contributed by atoms with van der Waals surface area (Å²) in [6.45, 7) is 0.442. The minimum atomic E-state index is -0.588. The van der Waals surface area contributed by atoms with Gasteiger partial charge < -0.3 is 5.32 Å². The van der Waals surface area contributed by atoms with Crippen LogP contribution in [-0.2, 0) is 6.42 Å². The first-order valence-corrected chi connectivity index (χ1v) is 7.22. The quantitative estimate of drug-likeness (QED) is 0.502. The lowest BCUT2D eigenvalue weighted by molar-refractivity contribution is -0.385. The van der Waals surface area contributed by atoms with E-state index < -0.39 is 10.8 Å². The predicted molar refractivity (Wildman–Crippen MR) is 85.2 cm³/mol. The van der Waals surface area contributed by atoms with Crippen LogP contribution < -0.4 is 5.32 Å². The van der Waals surface area contributed by atoms with E-state index in [0.29, 0.717) is 11.6 Å². The molecule has 2 rings (SSSR count). The lowest BCUT2D eigenvalue weighted by atomic mass is 10.1. The molecule has 0 bridgehead atoms. The van der Waals surface area contributed by atoms with Crippen molar-refractivity contribution in [1.82, 2.24) is 5.32 Å². The number of rotatable bonds is 6. The first-order valence-electron chi connectivity index (χ1n) is 6.84. The molecule has 2 aromatic carbocycles. The van der Waals surface area contributed by atoms with Crippen LogP contribution in [-0.4, -0.2) is 17.4 Å². The van der Waals surface area contributed by atoms with Gasteiger partial charge in [0.15, 0.2) is 0 Å². The zero-order chi connectivity index (χ0) is 15.9. The summed E-state index contributed by atoms with van der Waals surface area (Å²) in [4.78, 5) is 22.4. The first kappa shape index (κ1) is 16.0. The van der Waals surface area contributed by atoms with Crippen molar-refractivity contribution in [2.45, 2.75) is 12.8 Å². The number of carbonyl (C=O) groups is 1. The van der Waals surface area contributed by atoms with E-state index in [9.17, 15) is 14.9 Å². The molecule has 22 heavy (non-hydrogen) atoms. The molecule has 0 aliphatic rings. The van der Waals surface area contributed by atoms with Gasteiger partial charge in [-0.3, -0.25) is 14.9 Å². The van der Waals surface area contributed by atoms with Gasteiger partial charge in [-0.25, -0.2) is 0 Å². The lowest BCUT2D eigenvalue weighted by Crippen LogP contribution is -2.25. The number of hydrogen-bond acceptors (Lipinski definition) is 3. The number of amides is 1. The topological polar surface area (TPSA) is 72.2 Å². The molecule has 1 amide bonds. The van der Waals surface area contributed by atoms with Gasteiger partial charge in [0.2, 0.25) is 0 Å². The molecule has 0 aliphatic carbocycles. The molecule has 0 aliphatic heterocycles. The molecule has 0 fully saturated rings. The molecule has 0 radical (unpaired) electrons. The molecule has 0 saturated carbocycles. The van der Waals surface area contributed by atoms with Crippen LogP contribution in [0.15, 0.2) is 48.5 Å². The summed E-state index contributed by atoms with van der Waals surface area (Å²) in [5, 5.41) is 13.9. The average molecular weight is 319 g/mol. The lowest BCUT2D eigenvalue weighted by Gasteiger charge is -2.06. The number of nitrogens with zero attached hydrogens (tertiary/aromatic N) is 1. The Kier molecular flexibility index (Phi) is 5.49. The SMILES string of the molecule is O=C(NCCCc1ccccc1)c1cc(Cl)ccc1[N+](=O)[O-]. The zero-order valence-corrected chi connectivity index (χ0v) is 12.5. The Bertz CT molecular complexity index is 674. The predicted octanol–water partition coefficient (Wildman–Crippen LogP) is 3.61. The summed E-state index contributed by atoms with van der Waals surface area (Å²) < 4.78 is 0. The maximum Gasteiger partial charge on any atom is 0.282 e. The highest BCUT2D eigenvalue weighted by atomic mass is 35.5. The van der Waals surface area contributed by atoms with Crippen LogP contribution in [0.2, 0.25) is 5.02 Å². The Morgan fingerprint density at radius 2 is 1.91 bits per heavy atom. The van der Waals surface area contributed by atoms with Gasteiger partial charge in [-0.1, -0.05) is 41.9 Å². The Hall–Kier alpha value is -2.40. The van der Waals surface area contributed by atoms with E-state index in [4.69, 9.17) is 11.6 Å². The number of nitro groups is 1. The molecule has 1 N–H and O–H groups in total. The first-order chi connectivity index (χ1) is 10.6. The summed E-state index contributed by atoms with van der Waals surface area (Å²) in [6, 6.07) is 13.8. The molecule has 0 aromatic heterocycles. The van der Waals surface area contributed by atoms with Gasteiger partial charge >= 0.3 is 0 Å². The number of nitro benzene ring substituents is 1. The highest BCUT2D eigenvalue weighted by Crippen LogP contribution is 2.22. The van der Waals surface area contributed by atoms with Crippen molar-refractivity contribution in [1.29, 1.82) is 0 Å². The van der Waals surface area contributed by atoms with Crippen molar-refractivity contribution in [2.75, 3.05) is 6.54 Å². The standard InChI is InChI=1S/C16H15ClN2O3/c17-13-8-9-15(19(21)22)14(11-13)16(20)18-10-4-7-12-5-2-1-3-6-12/h1-3,5-6,8-9,11H,4,7,10H2,(H,18,20). The fourth-order valence-corrected chi connectivity index (χ4v) is 2.26. The monoisotopic (exact) mass is 318 g/mol. The second-order valence-corrected chi connectivity index (χ2v) is 5.20. The van der Waals surface area contributed by atoms with Crippen LogP contribution in [0.5, 0.6) is 0 Å².